The second-order valence-electron chi connectivity index (χ2n) is 9.93. The highest BCUT2D eigenvalue weighted by Crippen LogP contribution is 2.33. The van der Waals surface area contributed by atoms with Gasteiger partial charge in [-0.05, 0) is 87.4 Å². The maximum atomic E-state index is 13.9. The monoisotopic (exact) mass is 642 g/mol. The summed E-state index contributed by atoms with van der Waals surface area (Å²) >= 11 is 12.5. The van der Waals surface area contributed by atoms with Crippen LogP contribution < -0.4 is 19.2 Å². The summed E-state index contributed by atoms with van der Waals surface area (Å²) in [4.78, 5) is 13.1. The van der Waals surface area contributed by atoms with Gasteiger partial charge in [-0.3, -0.25) is 9.10 Å². The summed E-state index contributed by atoms with van der Waals surface area (Å²) < 4.78 is 41.4. The minimum atomic E-state index is -4.20. The first-order valence-electron chi connectivity index (χ1n) is 13.1. The number of hydrazone groups is 1. The van der Waals surface area contributed by atoms with Crippen LogP contribution in [0.2, 0.25) is 10.0 Å². The van der Waals surface area contributed by atoms with Gasteiger partial charge in [0.05, 0.1) is 41.7 Å². The van der Waals surface area contributed by atoms with E-state index in [1.165, 1.54) is 38.6 Å². The van der Waals surface area contributed by atoms with E-state index in [1.54, 1.807) is 24.3 Å². The van der Waals surface area contributed by atoms with Crippen LogP contribution in [0.3, 0.4) is 0 Å². The average molecular weight is 644 g/mol. The molecule has 0 fully saturated rings. The largest absolute Gasteiger partial charge is 0.493 e. The molecule has 0 atom stereocenters. The first-order chi connectivity index (χ1) is 20.3. The van der Waals surface area contributed by atoms with Crippen LogP contribution in [-0.2, 0) is 14.8 Å². The molecule has 0 saturated carbocycles. The molecule has 9 nitrogen and oxygen atoms in total. The van der Waals surface area contributed by atoms with Crippen LogP contribution >= 0.6 is 23.2 Å². The number of aromatic nitrogens is 1. The van der Waals surface area contributed by atoms with Gasteiger partial charge in [0.15, 0.2) is 11.5 Å². The zero-order valence-electron chi connectivity index (χ0n) is 24.6. The molecular weight excluding hydrogens is 611 g/mol. The summed E-state index contributed by atoms with van der Waals surface area (Å²) in [5.74, 6) is -0.00585. The lowest BCUT2D eigenvalue weighted by atomic mass is 10.1. The van der Waals surface area contributed by atoms with Crippen LogP contribution in [0.15, 0.2) is 70.7 Å². The highest BCUT2D eigenvalue weighted by atomic mass is 35.5. The molecule has 1 amide bonds. The fourth-order valence-electron chi connectivity index (χ4n) is 4.81. The molecule has 0 aliphatic carbocycles. The Morgan fingerprint density at radius 2 is 1.60 bits per heavy atom. The van der Waals surface area contributed by atoms with Crippen molar-refractivity contribution in [2.45, 2.75) is 32.6 Å². The normalized spacial score (nSPS) is 11.5. The Labute approximate surface area is 261 Å². The summed E-state index contributed by atoms with van der Waals surface area (Å²) in [7, 11) is -1.32. The number of carbonyl (C=O) groups is 1. The van der Waals surface area contributed by atoms with Crippen molar-refractivity contribution in [3.8, 4) is 17.2 Å². The predicted octanol–water partition coefficient (Wildman–Crippen LogP) is 6.38. The van der Waals surface area contributed by atoms with E-state index in [0.29, 0.717) is 21.5 Å². The van der Waals surface area contributed by atoms with Crippen molar-refractivity contribution in [3.05, 3.63) is 98.8 Å². The number of hydrogen-bond acceptors (Lipinski definition) is 6. The number of nitrogens with one attached hydrogen (secondary N) is 1. The molecule has 0 aliphatic heterocycles. The van der Waals surface area contributed by atoms with Crippen LogP contribution in [-0.4, -0.2) is 45.9 Å². The van der Waals surface area contributed by atoms with Gasteiger partial charge in [-0.2, -0.15) is 5.10 Å². The highest BCUT2D eigenvalue weighted by molar-refractivity contribution is 7.92. The maximum Gasteiger partial charge on any atom is 0.264 e. The third-order valence-electron chi connectivity index (χ3n) is 6.74. The van der Waals surface area contributed by atoms with Gasteiger partial charge >= 0.3 is 0 Å². The Kier molecular flexibility index (Phi) is 9.74. The average Bonchev–Trinajstić information content (AvgIpc) is 3.22. The molecule has 43 heavy (non-hydrogen) atoms. The summed E-state index contributed by atoms with van der Waals surface area (Å²) in [5.41, 5.74) is 7.74. The molecule has 4 rings (SSSR count). The Morgan fingerprint density at radius 1 is 0.930 bits per heavy atom. The van der Waals surface area contributed by atoms with Gasteiger partial charge in [-0.1, -0.05) is 29.3 Å². The molecule has 0 unspecified atom stereocenters. The van der Waals surface area contributed by atoms with Crippen LogP contribution in [0.1, 0.15) is 28.1 Å². The van der Waals surface area contributed by atoms with Gasteiger partial charge < -0.3 is 14.0 Å². The van der Waals surface area contributed by atoms with E-state index in [-0.39, 0.29) is 10.6 Å². The van der Waals surface area contributed by atoms with E-state index in [4.69, 9.17) is 32.7 Å². The molecule has 0 saturated heterocycles. The molecule has 1 N–H and O–H groups in total. The van der Waals surface area contributed by atoms with Gasteiger partial charge in [-0.15, -0.1) is 0 Å². The minimum Gasteiger partial charge on any atom is -0.493 e. The number of ether oxygens (including phenoxy) is 2. The van der Waals surface area contributed by atoms with E-state index in [1.807, 2.05) is 50.5 Å². The second-order valence-corrected chi connectivity index (χ2v) is 12.6. The van der Waals surface area contributed by atoms with E-state index in [9.17, 15) is 13.2 Å². The van der Waals surface area contributed by atoms with Crippen molar-refractivity contribution in [1.29, 1.82) is 0 Å². The number of methoxy groups -OCH3 is 2. The Bertz CT molecular complexity index is 1800. The summed E-state index contributed by atoms with van der Waals surface area (Å²) in [6.07, 6.45) is 1.50. The molecule has 12 heteroatoms. The molecule has 0 bridgehead atoms. The van der Waals surface area contributed by atoms with Crippen LogP contribution in [0.4, 0.5) is 5.69 Å². The van der Waals surface area contributed by atoms with Crippen LogP contribution in [0.5, 0.6) is 11.5 Å². The number of rotatable bonds is 10. The lowest BCUT2D eigenvalue weighted by Gasteiger charge is -2.25. The molecule has 0 spiro atoms. The molecule has 3 aromatic carbocycles. The van der Waals surface area contributed by atoms with Gasteiger partial charge in [0.25, 0.3) is 15.9 Å². The number of carbonyl (C=O) groups excluding carboxylic acids is 1. The lowest BCUT2D eigenvalue weighted by molar-refractivity contribution is -0.119. The lowest BCUT2D eigenvalue weighted by Crippen LogP contribution is -2.39. The molecule has 1 heterocycles. The number of nitrogens with zero attached hydrogens (tertiary/aromatic N) is 3. The summed E-state index contributed by atoms with van der Waals surface area (Å²) in [5, 5.41) is 5.15. The van der Waals surface area contributed by atoms with Gasteiger partial charge in [-0.25, -0.2) is 13.8 Å². The molecule has 1 aromatic heterocycles. The van der Waals surface area contributed by atoms with Gasteiger partial charge in [0.2, 0.25) is 0 Å². The Hall–Kier alpha value is -3.99. The SMILES string of the molecule is COc1ccc(S(=O)(=O)N(CC(=O)N/N=C\c2cc(C)n(-c3ccc(Cl)cc3Cl)c2C)c2cc(C)cc(C)c2)cc1OC. The Morgan fingerprint density at radius 3 is 2.23 bits per heavy atom. The zero-order chi connectivity index (χ0) is 31.5. The van der Waals surface area contributed by atoms with Crippen molar-refractivity contribution in [1.82, 2.24) is 9.99 Å². The van der Waals surface area contributed by atoms with E-state index in [0.717, 1.165) is 38.1 Å². The van der Waals surface area contributed by atoms with Crippen molar-refractivity contribution in [3.63, 3.8) is 0 Å². The predicted molar refractivity (Wildman–Crippen MR) is 171 cm³/mol. The fraction of sp³-hybridized carbons (Fsp3) is 0.226. The van der Waals surface area contributed by atoms with Crippen molar-refractivity contribution in [2.24, 2.45) is 5.10 Å². The van der Waals surface area contributed by atoms with Gasteiger partial charge in [0.1, 0.15) is 6.54 Å². The fourth-order valence-corrected chi connectivity index (χ4v) is 6.72. The standard InChI is InChI=1S/C31H32Cl2N4O5S/c1-19-11-20(2)13-25(12-19)36(43(39,40)26-8-10-29(41-5)30(16-26)42-6)18-31(38)35-34-17-23-14-21(3)37(22(23)4)28-9-7-24(32)15-27(28)33/h7-17H,18H2,1-6H3,(H,35,38)/b34-17-. The number of anilines is 1. The molecule has 0 radical (unpaired) electrons. The van der Waals surface area contributed by atoms with E-state index >= 15 is 0 Å². The number of benzene rings is 3. The smallest absolute Gasteiger partial charge is 0.264 e. The highest BCUT2D eigenvalue weighted by Gasteiger charge is 2.29. The first-order valence-corrected chi connectivity index (χ1v) is 15.3. The van der Waals surface area contributed by atoms with Gasteiger partial charge in [0, 0.05) is 28.0 Å². The van der Waals surface area contributed by atoms with Crippen molar-refractivity contribution in [2.75, 3.05) is 25.1 Å². The third-order valence-corrected chi connectivity index (χ3v) is 9.05. The van der Waals surface area contributed by atoms with Crippen LogP contribution in [0, 0.1) is 27.7 Å². The van der Waals surface area contributed by atoms with Crippen molar-refractivity contribution < 1.29 is 22.7 Å². The summed E-state index contributed by atoms with van der Waals surface area (Å²) in [6.45, 7) is 7.02. The molecule has 0 aliphatic rings. The van der Waals surface area contributed by atoms with E-state index in [2.05, 4.69) is 10.5 Å². The number of sulfonamides is 1. The first kappa shape index (κ1) is 31.9. The quantitative estimate of drug-likeness (QED) is 0.160. The number of halogens is 2. The third kappa shape index (κ3) is 6.98. The number of amides is 1. The second kappa shape index (κ2) is 13.1. The zero-order valence-corrected chi connectivity index (χ0v) is 26.9. The number of aryl methyl sites for hydroxylation is 3. The topological polar surface area (TPSA) is 102 Å². The van der Waals surface area contributed by atoms with Crippen molar-refractivity contribution >= 4 is 51.0 Å². The number of hydrogen-bond donors (Lipinski definition) is 1. The Balaban J connectivity index is 1.62. The summed E-state index contributed by atoms with van der Waals surface area (Å²) in [6, 6.07) is 16.8. The van der Waals surface area contributed by atoms with E-state index < -0.39 is 22.5 Å². The minimum absolute atomic E-state index is 0.0612. The maximum absolute atomic E-state index is 13.9. The molecule has 4 aromatic rings. The van der Waals surface area contributed by atoms with Crippen LogP contribution in [0.25, 0.3) is 5.69 Å². The molecular formula is C31H32Cl2N4O5S. The molecule has 226 valence electrons.